The van der Waals surface area contributed by atoms with Crippen LogP contribution in [0.15, 0.2) is 60.7 Å². The van der Waals surface area contributed by atoms with Crippen molar-refractivity contribution in [1.82, 2.24) is 9.88 Å². The number of nitrogens with zero attached hydrogens (tertiary/aromatic N) is 2. The minimum Gasteiger partial charge on any atom is -0.330 e. The van der Waals surface area contributed by atoms with Gasteiger partial charge in [-0.1, -0.05) is 74.5 Å². The highest BCUT2D eigenvalue weighted by Gasteiger charge is 2.27. The SMILES string of the molecule is Cc1nc(C(=O)N(Cc2ccccc2)[C@@H](C)CC(C)C)c(-c2ccccc2)s1. The van der Waals surface area contributed by atoms with E-state index in [1.165, 1.54) is 0 Å². The van der Waals surface area contributed by atoms with E-state index in [1.54, 1.807) is 11.3 Å². The zero-order valence-electron chi connectivity index (χ0n) is 17.1. The van der Waals surface area contributed by atoms with Crippen molar-refractivity contribution in [3.8, 4) is 10.4 Å². The Morgan fingerprint density at radius 2 is 1.61 bits per heavy atom. The number of benzene rings is 2. The highest BCUT2D eigenvalue weighted by atomic mass is 32.1. The summed E-state index contributed by atoms with van der Waals surface area (Å²) in [5.41, 5.74) is 2.76. The largest absolute Gasteiger partial charge is 0.330 e. The summed E-state index contributed by atoms with van der Waals surface area (Å²) in [6.07, 6.45) is 0.961. The molecule has 1 atom stereocenters. The lowest BCUT2D eigenvalue weighted by Gasteiger charge is -2.30. The molecule has 0 fully saturated rings. The molecule has 0 aliphatic carbocycles. The molecule has 1 amide bonds. The van der Waals surface area contributed by atoms with Crippen molar-refractivity contribution in [2.24, 2.45) is 5.92 Å². The normalized spacial score (nSPS) is 12.2. The summed E-state index contributed by atoms with van der Waals surface area (Å²) in [5.74, 6) is 0.534. The van der Waals surface area contributed by atoms with E-state index >= 15 is 0 Å². The number of aryl methyl sites for hydroxylation is 1. The molecule has 0 radical (unpaired) electrons. The minimum absolute atomic E-state index is 0.0141. The van der Waals surface area contributed by atoms with Crippen molar-refractivity contribution >= 4 is 17.2 Å². The van der Waals surface area contributed by atoms with Crippen LogP contribution in [0.1, 0.15) is 48.3 Å². The van der Waals surface area contributed by atoms with Gasteiger partial charge in [0.1, 0.15) is 5.69 Å². The lowest BCUT2D eigenvalue weighted by atomic mass is 10.0. The first kappa shape index (κ1) is 20.3. The van der Waals surface area contributed by atoms with Crippen LogP contribution in [0.2, 0.25) is 0 Å². The molecular formula is C24H28N2OS. The van der Waals surface area contributed by atoms with Crippen LogP contribution in [0.3, 0.4) is 0 Å². The van der Waals surface area contributed by atoms with Crippen LogP contribution in [-0.4, -0.2) is 21.8 Å². The van der Waals surface area contributed by atoms with Crippen LogP contribution in [0.5, 0.6) is 0 Å². The van der Waals surface area contributed by atoms with Crippen molar-refractivity contribution in [2.75, 3.05) is 0 Å². The lowest BCUT2D eigenvalue weighted by Crippen LogP contribution is -2.39. The Balaban J connectivity index is 1.97. The van der Waals surface area contributed by atoms with Gasteiger partial charge in [0.15, 0.2) is 0 Å². The van der Waals surface area contributed by atoms with Crippen LogP contribution < -0.4 is 0 Å². The quantitative estimate of drug-likeness (QED) is 0.480. The molecule has 0 saturated carbocycles. The summed E-state index contributed by atoms with van der Waals surface area (Å²) in [6, 6.07) is 20.4. The third-order valence-electron chi connectivity index (χ3n) is 4.77. The number of amides is 1. The number of hydrogen-bond donors (Lipinski definition) is 0. The average molecular weight is 393 g/mol. The molecule has 0 unspecified atom stereocenters. The maximum Gasteiger partial charge on any atom is 0.274 e. The predicted octanol–water partition coefficient (Wildman–Crippen LogP) is 6.20. The van der Waals surface area contributed by atoms with Crippen molar-refractivity contribution in [3.63, 3.8) is 0 Å². The Morgan fingerprint density at radius 1 is 1.00 bits per heavy atom. The summed E-state index contributed by atoms with van der Waals surface area (Å²) in [4.78, 5) is 21.2. The van der Waals surface area contributed by atoms with Gasteiger partial charge in [0, 0.05) is 12.6 Å². The standard InChI is InChI=1S/C24H28N2OS/c1-17(2)15-18(3)26(16-20-11-7-5-8-12-20)24(27)22-23(28-19(4)25-22)21-13-9-6-10-14-21/h5-14,17-18H,15-16H2,1-4H3/t18-/m0/s1. The number of carbonyl (C=O) groups excluding carboxylic acids is 1. The van der Waals surface area contributed by atoms with Crippen LogP contribution >= 0.6 is 11.3 Å². The Kier molecular flexibility index (Phi) is 6.63. The van der Waals surface area contributed by atoms with Crippen molar-refractivity contribution in [3.05, 3.63) is 76.9 Å². The van der Waals surface area contributed by atoms with Gasteiger partial charge in [0.05, 0.1) is 9.88 Å². The Labute approximate surface area is 172 Å². The summed E-state index contributed by atoms with van der Waals surface area (Å²) in [7, 11) is 0. The molecule has 1 heterocycles. The van der Waals surface area contributed by atoms with Gasteiger partial charge in [-0.2, -0.15) is 0 Å². The molecule has 3 rings (SSSR count). The third kappa shape index (κ3) is 4.87. The van der Waals surface area contributed by atoms with Crippen molar-refractivity contribution in [2.45, 2.75) is 46.7 Å². The molecule has 3 nitrogen and oxygen atoms in total. The van der Waals surface area contributed by atoms with E-state index in [0.29, 0.717) is 18.2 Å². The number of hydrogen-bond acceptors (Lipinski definition) is 3. The summed E-state index contributed by atoms with van der Waals surface area (Å²) >= 11 is 1.59. The summed E-state index contributed by atoms with van der Waals surface area (Å²) < 4.78 is 0. The van der Waals surface area contributed by atoms with Gasteiger partial charge in [0.2, 0.25) is 0 Å². The van der Waals surface area contributed by atoms with Gasteiger partial charge >= 0.3 is 0 Å². The zero-order chi connectivity index (χ0) is 20.1. The fraction of sp³-hybridized carbons (Fsp3) is 0.333. The zero-order valence-corrected chi connectivity index (χ0v) is 17.9. The highest BCUT2D eigenvalue weighted by molar-refractivity contribution is 7.15. The third-order valence-corrected chi connectivity index (χ3v) is 5.79. The fourth-order valence-electron chi connectivity index (χ4n) is 3.51. The van der Waals surface area contributed by atoms with Crippen molar-refractivity contribution < 1.29 is 4.79 Å². The lowest BCUT2D eigenvalue weighted by molar-refractivity contribution is 0.0651. The van der Waals surface area contributed by atoms with Gasteiger partial charge in [0.25, 0.3) is 5.91 Å². The molecule has 4 heteroatoms. The first-order valence-electron chi connectivity index (χ1n) is 9.83. The second-order valence-corrected chi connectivity index (χ2v) is 8.88. The molecule has 28 heavy (non-hydrogen) atoms. The fourth-order valence-corrected chi connectivity index (χ4v) is 4.43. The van der Waals surface area contributed by atoms with Gasteiger partial charge in [-0.25, -0.2) is 4.98 Å². The number of aromatic nitrogens is 1. The Morgan fingerprint density at radius 3 is 2.21 bits per heavy atom. The van der Waals surface area contributed by atoms with E-state index in [2.05, 4.69) is 37.9 Å². The average Bonchev–Trinajstić information content (AvgIpc) is 3.08. The van der Waals surface area contributed by atoms with E-state index in [1.807, 2.05) is 60.4 Å². The molecule has 2 aromatic carbocycles. The molecule has 0 aliphatic heterocycles. The highest BCUT2D eigenvalue weighted by Crippen LogP contribution is 2.32. The molecular weight excluding hydrogens is 364 g/mol. The van der Waals surface area contributed by atoms with E-state index in [-0.39, 0.29) is 11.9 Å². The van der Waals surface area contributed by atoms with E-state index in [0.717, 1.165) is 27.4 Å². The first-order chi connectivity index (χ1) is 13.5. The van der Waals surface area contributed by atoms with Crippen molar-refractivity contribution in [1.29, 1.82) is 0 Å². The summed E-state index contributed by atoms with van der Waals surface area (Å²) in [6.45, 7) is 9.10. The van der Waals surface area contributed by atoms with Gasteiger partial charge < -0.3 is 4.90 Å². The van der Waals surface area contributed by atoms with E-state index in [4.69, 9.17) is 0 Å². The Hall–Kier alpha value is -2.46. The second-order valence-electron chi connectivity index (χ2n) is 7.67. The van der Waals surface area contributed by atoms with Crippen LogP contribution in [0.25, 0.3) is 10.4 Å². The molecule has 146 valence electrons. The number of rotatable bonds is 7. The number of thiazole rings is 1. The molecule has 0 bridgehead atoms. The number of carbonyl (C=O) groups is 1. The molecule has 0 aliphatic rings. The smallest absolute Gasteiger partial charge is 0.274 e. The summed E-state index contributed by atoms with van der Waals surface area (Å²) in [5, 5.41) is 0.915. The molecule has 0 saturated heterocycles. The molecule has 0 N–H and O–H groups in total. The maximum atomic E-state index is 13.6. The second kappa shape index (κ2) is 9.16. The van der Waals surface area contributed by atoms with Gasteiger partial charge in [-0.15, -0.1) is 11.3 Å². The predicted molar refractivity (Wildman–Crippen MR) is 118 cm³/mol. The molecule has 3 aromatic rings. The molecule has 1 aromatic heterocycles. The first-order valence-corrected chi connectivity index (χ1v) is 10.6. The van der Waals surface area contributed by atoms with E-state index < -0.39 is 0 Å². The molecule has 0 spiro atoms. The topological polar surface area (TPSA) is 33.2 Å². The Bertz CT molecular complexity index is 903. The van der Waals surface area contributed by atoms with E-state index in [9.17, 15) is 4.79 Å². The van der Waals surface area contributed by atoms with Crippen LogP contribution in [0.4, 0.5) is 0 Å². The van der Waals surface area contributed by atoms with Crippen LogP contribution in [-0.2, 0) is 6.54 Å². The maximum absolute atomic E-state index is 13.6. The van der Waals surface area contributed by atoms with Crippen LogP contribution in [0, 0.1) is 12.8 Å². The minimum atomic E-state index is 0.0141. The monoisotopic (exact) mass is 392 g/mol. The van der Waals surface area contributed by atoms with Gasteiger partial charge in [-0.3, -0.25) is 4.79 Å². The van der Waals surface area contributed by atoms with Gasteiger partial charge in [-0.05, 0) is 37.3 Å².